The topological polar surface area (TPSA) is 99.4 Å². The van der Waals surface area contributed by atoms with Crippen molar-refractivity contribution >= 4 is 0 Å². The largest absolute Gasteiger partial charge is 0.504 e. The number of hydrogen-bond acceptors (Lipinski definition) is 6. The highest BCUT2D eigenvalue weighted by Crippen LogP contribution is 2.29. The first-order valence-corrected chi connectivity index (χ1v) is 5.20. The Labute approximate surface area is 97.7 Å². The quantitative estimate of drug-likeness (QED) is 0.554. The standard InChI is InChI=1S/C11H14O6/c12-5-8-9(14)10(15)11(17-8)16-7-4-2-1-3-6(7)13/h1-4,8-15H,5H2/t8-,9-,10-,11-/m1/s1. The van der Waals surface area contributed by atoms with Crippen LogP contribution in [-0.4, -0.2) is 51.6 Å². The predicted octanol–water partition coefficient (Wildman–Crippen LogP) is -0.790. The van der Waals surface area contributed by atoms with Gasteiger partial charge in [0.05, 0.1) is 6.61 Å². The molecular weight excluding hydrogens is 228 g/mol. The van der Waals surface area contributed by atoms with Gasteiger partial charge in [0.25, 0.3) is 0 Å². The fourth-order valence-electron chi connectivity index (χ4n) is 1.64. The van der Waals surface area contributed by atoms with Gasteiger partial charge >= 0.3 is 0 Å². The van der Waals surface area contributed by atoms with Gasteiger partial charge in [0.15, 0.2) is 11.5 Å². The van der Waals surface area contributed by atoms with Crippen molar-refractivity contribution in [1.82, 2.24) is 0 Å². The number of aliphatic hydroxyl groups is 3. The van der Waals surface area contributed by atoms with Crippen LogP contribution in [0.25, 0.3) is 0 Å². The molecule has 1 heterocycles. The first-order chi connectivity index (χ1) is 8.13. The minimum absolute atomic E-state index is 0.0924. The van der Waals surface area contributed by atoms with E-state index in [1.165, 1.54) is 12.1 Å². The average Bonchev–Trinajstić information content (AvgIpc) is 2.60. The number of phenolic OH excluding ortho intramolecular Hbond substituents is 1. The zero-order chi connectivity index (χ0) is 12.4. The van der Waals surface area contributed by atoms with Crippen LogP contribution in [0.15, 0.2) is 24.3 Å². The molecule has 0 unspecified atom stereocenters. The van der Waals surface area contributed by atoms with Gasteiger partial charge in [-0.3, -0.25) is 0 Å². The normalized spacial score (nSPS) is 32.6. The van der Waals surface area contributed by atoms with Crippen molar-refractivity contribution in [3.8, 4) is 11.5 Å². The summed E-state index contributed by atoms with van der Waals surface area (Å²) in [5.74, 6) is 0.0487. The number of aliphatic hydroxyl groups excluding tert-OH is 3. The number of phenols is 1. The first-order valence-electron chi connectivity index (χ1n) is 5.20. The van der Waals surface area contributed by atoms with Crippen LogP contribution >= 0.6 is 0 Å². The molecule has 1 saturated heterocycles. The van der Waals surface area contributed by atoms with Crippen molar-refractivity contribution in [3.05, 3.63) is 24.3 Å². The molecule has 6 nitrogen and oxygen atoms in total. The molecule has 1 aromatic carbocycles. The molecule has 4 atom stereocenters. The zero-order valence-electron chi connectivity index (χ0n) is 8.93. The second-order valence-electron chi connectivity index (χ2n) is 3.79. The maximum Gasteiger partial charge on any atom is 0.229 e. The smallest absolute Gasteiger partial charge is 0.229 e. The number of ether oxygens (including phenoxy) is 2. The van der Waals surface area contributed by atoms with Gasteiger partial charge in [-0.15, -0.1) is 0 Å². The van der Waals surface area contributed by atoms with Crippen molar-refractivity contribution in [2.45, 2.75) is 24.6 Å². The molecule has 0 radical (unpaired) electrons. The molecule has 1 aliphatic heterocycles. The van der Waals surface area contributed by atoms with Gasteiger partial charge in [-0.1, -0.05) is 12.1 Å². The van der Waals surface area contributed by atoms with Crippen molar-refractivity contribution in [1.29, 1.82) is 0 Å². The Balaban J connectivity index is 2.08. The third-order valence-corrected chi connectivity index (χ3v) is 2.61. The third-order valence-electron chi connectivity index (χ3n) is 2.61. The minimum atomic E-state index is -1.27. The lowest BCUT2D eigenvalue weighted by Crippen LogP contribution is -2.35. The summed E-state index contributed by atoms with van der Waals surface area (Å²) >= 11 is 0. The Kier molecular flexibility index (Phi) is 3.49. The van der Waals surface area contributed by atoms with Crippen LogP contribution in [0.2, 0.25) is 0 Å². The molecule has 2 rings (SSSR count). The average molecular weight is 242 g/mol. The van der Waals surface area contributed by atoms with Crippen LogP contribution in [0.5, 0.6) is 11.5 Å². The van der Waals surface area contributed by atoms with Crippen molar-refractivity contribution in [2.24, 2.45) is 0 Å². The van der Waals surface area contributed by atoms with E-state index >= 15 is 0 Å². The van der Waals surface area contributed by atoms with Crippen LogP contribution in [0, 0.1) is 0 Å². The maximum atomic E-state index is 9.62. The summed E-state index contributed by atoms with van der Waals surface area (Å²) in [5.41, 5.74) is 0. The summed E-state index contributed by atoms with van der Waals surface area (Å²) in [6.07, 6.45) is -4.49. The van der Waals surface area contributed by atoms with Gasteiger partial charge in [-0.2, -0.15) is 0 Å². The lowest BCUT2D eigenvalue weighted by atomic mass is 10.1. The molecule has 94 valence electrons. The Bertz CT molecular complexity index is 382. The second kappa shape index (κ2) is 4.89. The first kappa shape index (κ1) is 12.1. The van der Waals surface area contributed by atoms with E-state index in [2.05, 4.69) is 0 Å². The number of hydrogen-bond donors (Lipinski definition) is 4. The van der Waals surface area contributed by atoms with Gasteiger partial charge < -0.3 is 29.9 Å². The van der Waals surface area contributed by atoms with Crippen molar-refractivity contribution in [3.63, 3.8) is 0 Å². The van der Waals surface area contributed by atoms with Crippen LogP contribution in [-0.2, 0) is 4.74 Å². The molecule has 0 saturated carbocycles. The van der Waals surface area contributed by atoms with E-state index in [0.29, 0.717) is 0 Å². The molecule has 1 aromatic rings. The Morgan fingerprint density at radius 2 is 1.88 bits per heavy atom. The van der Waals surface area contributed by atoms with Gasteiger partial charge in [-0.25, -0.2) is 0 Å². The van der Waals surface area contributed by atoms with Gasteiger partial charge in [0.1, 0.15) is 18.3 Å². The molecule has 0 bridgehead atoms. The number of para-hydroxylation sites is 2. The molecule has 17 heavy (non-hydrogen) atoms. The molecule has 4 N–H and O–H groups in total. The summed E-state index contributed by atoms with van der Waals surface area (Å²) in [6, 6.07) is 6.20. The van der Waals surface area contributed by atoms with E-state index in [4.69, 9.17) is 14.6 Å². The lowest BCUT2D eigenvalue weighted by Gasteiger charge is -2.17. The summed E-state index contributed by atoms with van der Waals surface area (Å²) in [7, 11) is 0. The maximum absolute atomic E-state index is 9.62. The Morgan fingerprint density at radius 3 is 2.47 bits per heavy atom. The summed E-state index contributed by atoms with van der Waals surface area (Å²) in [4.78, 5) is 0. The van der Waals surface area contributed by atoms with Crippen LogP contribution in [0.1, 0.15) is 0 Å². The molecule has 0 amide bonds. The molecule has 6 heteroatoms. The van der Waals surface area contributed by atoms with E-state index in [1.54, 1.807) is 12.1 Å². The van der Waals surface area contributed by atoms with Crippen molar-refractivity contribution in [2.75, 3.05) is 6.61 Å². The third kappa shape index (κ3) is 2.34. The number of benzene rings is 1. The fourth-order valence-corrected chi connectivity index (χ4v) is 1.64. The van der Waals surface area contributed by atoms with Crippen molar-refractivity contribution < 1.29 is 29.9 Å². The zero-order valence-corrected chi connectivity index (χ0v) is 8.93. The highest BCUT2D eigenvalue weighted by Gasteiger charge is 2.44. The van der Waals surface area contributed by atoms with E-state index in [-0.39, 0.29) is 11.5 Å². The predicted molar refractivity (Wildman–Crippen MR) is 56.5 cm³/mol. The number of rotatable bonds is 3. The van der Waals surface area contributed by atoms with E-state index in [0.717, 1.165) is 0 Å². The monoisotopic (exact) mass is 242 g/mol. The SMILES string of the molecule is OC[C@H]1O[C@@H](Oc2ccccc2O)[C@H](O)[C@@H]1O. The lowest BCUT2D eigenvalue weighted by molar-refractivity contribution is -0.117. The van der Waals surface area contributed by atoms with Gasteiger partial charge in [0.2, 0.25) is 6.29 Å². The minimum Gasteiger partial charge on any atom is -0.504 e. The van der Waals surface area contributed by atoms with E-state index < -0.39 is 31.2 Å². The Hall–Kier alpha value is -1.34. The van der Waals surface area contributed by atoms with Crippen LogP contribution in [0.3, 0.4) is 0 Å². The molecule has 1 aliphatic rings. The molecule has 0 aromatic heterocycles. The molecular formula is C11H14O6. The second-order valence-corrected chi connectivity index (χ2v) is 3.79. The molecule has 0 aliphatic carbocycles. The van der Waals surface area contributed by atoms with Crippen LogP contribution < -0.4 is 4.74 Å². The molecule has 0 spiro atoms. The van der Waals surface area contributed by atoms with Gasteiger partial charge in [0, 0.05) is 0 Å². The summed E-state index contributed by atoms with van der Waals surface area (Å²) < 4.78 is 10.3. The Morgan fingerprint density at radius 1 is 1.18 bits per heavy atom. The fraction of sp³-hybridized carbons (Fsp3) is 0.455. The highest BCUT2D eigenvalue weighted by atomic mass is 16.7. The van der Waals surface area contributed by atoms with E-state index in [1.807, 2.05) is 0 Å². The summed E-state index contributed by atoms with van der Waals surface area (Å²) in [6.45, 7) is -0.418. The molecule has 1 fully saturated rings. The van der Waals surface area contributed by atoms with Crippen LogP contribution in [0.4, 0.5) is 0 Å². The number of aromatic hydroxyl groups is 1. The summed E-state index contributed by atoms with van der Waals surface area (Å²) in [5, 5.41) is 37.5. The highest BCUT2D eigenvalue weighted by molar-refractivity contribution is 5.38. The van der Waals surface area contributed by atoms with E-state index in [9.17, 15) is 15.3 Å². The van der Waals surface area contributed by atoms with Gasteiger partial charge in [-0.05, 0) is 12.1 Å².